The highest BCUT2D eigenvalue weighted by molar-refractivity contribution is 6.30. The molecule has 0 aliphatic rings. The molecule has 0 bridgehead atoms. The van der Waals surface area contributed by atoms with E-state index >= 15 is 0 Å². The Bertz CT molecular complexity index is 1270. The monoisotopic (exact) mass is 464 g/mol. The Morgan fingerprint density at radius 2 is 1.76 bits per heavy atom. The van der Waals surface area contributed by atoms with Crippen LogP contribution in [0.4, 0.5) is 21.6 Å². The first kappa shape index (κ1) is 22.4. The average molecular weight is 465 g/mol. The first-order valence-electron chi connectivity index (χ1n) is 10.4. The zero-order valence-corrected chi connectivity index (χ0v) is 18.9. The second-order valence-electron chi connectivity index (χ2n) is 7.61. The van der Waals surface area contributed by atoms with Crippen molar-refractivity contribution in [1.29, 1.82) is 0 Å². The number of aromatic nitrogens is 4. The maximum atomic E-state index is 13.2. The van der Waals surface area contributed by atoms with Crippen LogP contribution in [-0.2, 0) is 11.2 Å². The Hall–Kier alpha value is -3.78. The smallest absolute Gasteiger partial charge is 0.224 e. The summed E-state index contributed by atoms with van der Waals surface area (Å²) in [6, 6.07) is 17.4. The van der Waals surface area contributed by atoms with E-state index in [0.29, 0.717) is 23.7 Å². The van der Waals surface area contributed by atoms with Crippen molar-refractivity contribution in [2.45, 2.75) is 26.7 Å². The number of nitrogens with one attached hydrogen (secondary N) is 2. The molecule has 9 heteroatoms. The molecule has 0 fully saturated rings. The Morgan fingerprint density at radius 1 is 1.00 bits per heavy atom. The SMILES string of the molecule is Cc1cc(C)n(-c2ccc(Nc3ccc(NC(=O)CCc4ccc(F)c(Cl)c4)cc3)nn2)n1. The number of hydrogen-bond acceptors (Lipinski definition) is 5. The van der Waals surface area contributed by atoms with Gasteiger partial charge in [-0.15, -0.1) is 10.2 Å². The summed E-state index contributed by atoms with van der Waals surface area (Å²) in [4.78, 5) is 12.2. The van der Waals surface area contributed by atoms with Gasteiger partial charge >= 0.3 is 0 Å². The van der Waals surface area contributed by atoms with Gasteiger partial charge in [-0.3, -0.25) is 4.79 Å². The van der Waals surface area contributed by atoms with Gasteiger partial charge in [-0.25, -0.2) is 9.07 Å². The van der Waals surface area contributed by atoms with Crippen molar-refractivity contribution in [3.05, 3.63) is 88.5 Å². The molecule has 2 aromatic heterocycles. The summed E-state index contributed by atoms with van der Waals surface area (Å²) in [6.45, 7) is 3.90. The molecule has 0 spiro atoms. The second kappa shape index (κ2) is 9.79. The lowest BCUT2D eigenvalue weighted by atomic mass is 10.1. The lowest BCUT2D eigenvalue weighted by Gasteiger charge is -2.09. The van der Waals surface area contributed by atoms with Crippen molar-refractivity contribution in [3.8, 4) is 5.82 Å². The van der Waals surface area contributed by atoms with Crippen LogP contribution in [0.3, 0.4) is 0 Å². The number of nitrogens with zero attached hydrogens (tertiary/aromatic N) is 4. The zero-order chi connectivity index (χ0) is 23.4. The molecule has 4 rings (SSSR count). The third kappa shape index (κ3) is 5.72. The summed E-state index contributed by atoms with van der Waals surface area (Å²) in [6.07, 6.45) is 0.733. The maximum Gasteiger partial charge on any atom is 0.224 e. The van der Waals surface area contributed by atoms with Gasteiger partial charge in [0.2, 0.25) is 5.91 Å². The van der Waals surface area contributed by atoms with Gasteiger partial charge in [-0.05, 0) is 80.4 Å². The number of amides is 1. The standard InChI is InChI=1S/C24H22ClFN6O/c1-15-13-16(2)32(31-15)23-11-10-22(29-30-23)27-18-5-7-19(8-6-18)28-24(33)12-4-17-3-9-21(26)20(25)14-17/h3,5-11,13-14H,4,12H2,1-2H3,(H,27,29)(H,28,33). The minimum absolute atomic E-state index is 0.0573. The molecule has 1 amide bonds. The van der Waals surface area contributed by atoms with Crippen LogP contribution in [0.5, 0.6) is 0 Å². The summed E-state index contributed by atoms with van der Waals surface area (Å²) >= 11 is 5.78. The van der Waals surface area contributed by atoms with Gasteiger partial charge in [0.15, 0.2) is 11.6 Å². The molecule has 0 unspecified atom stereocenters. The highest BCUT2D eigenvalue weighted by Crippen LogP contribution is 2.20. The molecular weight excluding hydrogens is 443 g/mol. The maximum absolute atomic E-state index is 13.2. The van der Waals surface area contributed by atoms with Crippen molar-refractivity contribution >= 4 is 34.7 Å². The summed E-state index contributed by atoms with van der Waals surface area (Å²) in [7, 11) is 0. The number of aryl methyl sites for hydroxylation is 3. The van der Waals surface area contributed by atoms with E-state index < -0.39 is 5.82 Å². The van der Waals surface area contributed by atoms with Crippen LogP contribution < -0.4 is 10.6 Å². The van der Waals surface area contributed by atoms with Gasteiger partial charge < -0.3 is 10.6 Å². The van der Waals surface area contributed by atoms with Crippen molar-refractivity contribution in [1.82, 2.24) is 20.0 Å². The number of anilines is 3. The van der Waals surface area contributed by atoms with E-state index in [2.05, 4.69) is 25.9 Å². The fraction of sp³-hybridized carbons (Fsp3) is 0.167. The minimum atomic E-state index is -0.469. The first-order chi connectivity index (χ1) is 15.9. The predicted octanol–water partition coefficient (Wildman–Crippen LogP) is 5.39. The van der Waals surface area contributed by atoms with Crippen LogP contribution in [0, 0.1) is 19.7 Å². The van der Waals surface area contributed by atoms with Crippen molar-refractivity contribution in [2.24, 2.45) is 0 Å². The summed E-state index contributed by atoms with van der Waals surface area (Å²) in [5, 5.41) is 18.9. The van der Waals surface area contributed by atoms with Gasteiger partial charge in [0.1, 0.15) is 5.82 Å². The molecule has 0 aliphatic carbocycles. The summed E-state index contributed by atoms with van der Waals surface area (Å²) in [5.74, 6) is 0.632. The number of rotatable bonds is 7. The van der Waals surface area contributed by atoms with Gasteiger partial charge in [-0.1, -0.05) is 17.7 Å². The van der Waals surface area contributed by atoms with Crippen LogP contribution in [0.15, 0.2) is 60.7 Å². The van der Waals surface area contributed by atoms with Crippen LogP contribution in [0.2, 0.25) is 5.02 Å². The zero-order valence-electron chi connectivity index (χ0n) is 18.1. The topological polar surface area (TPSA) is 84.7 Å². The second-order valence-corrected chi connectivity index (χ2v) is 8.02. The highest BCUT2D eigenvalue weighted by atomic mass is 35.5. The van der Waals surface area contributed by atoms with E-state index in [-0.39, 0.29) is 17.4 Å². The van der Waals surface area contributed by atoms with Gasteiger partial charge in [0.25, 0.3) is 0 Å². The van der Waals surface area contributed by atoms with E-state index in [9.17, 15) is 9.18 Å². The first-order valence-corrected chi connectivity index (χ1v) is 10.7. The predicted molar refractivity (Wildman–Crippen MR) is 127 cm³/mol. The normalized spacial score (nSPS) is 10.8. The fourth-order valence-corrected chi connectivity index (χ4v) is 3.53. The molecule has 2 N–H and O–H groups in total. The molecule has 168 valence electrons. The van der Waals surface area contributed by atoms with Gasteiger partial charge in [0, 0.05) is 23.5 Å². The van der Waals surface area contributed by atoms with E-state index in [1.165, 1.54) is 12.1 Å². The number of carbonyl (C=O) groups excluding carboxylic acids is 1. The van der Waals surface area contributed by atoms with Crippen molar-refractivity contribution < 1.29 is 9.18 Å². The average Bonchev–Trinajstić information content (AvgIpc) is 3.14. The Labute approximate surface area is 195 Å². The molecular formula is C24H22ClFN6O. The Balaban J connectivity index is 1.31. The van der Waals surface area contributed by atoms with Crippen LogP contribution in [0.1, 0.15) is 23.4 Å². The molecule has 0 aliphatic heterocycles. The number of benzene rings is 2. The molecule has 33 heavy (non-hydrogen) atoms. The van der Waals surface area contributed by atoms with E-state index in [4.69, 9.17) is 11.6 Å². The summed E-state index contributed by atoms with van der Waals surface area (Å²) in [5.41, 5.74) is 4.20. The number of hydrogen-bond donors (Lipinski definition) is 2. The van der Waals surface area contributed by atoms with Gasteiger partial charge in [-0.2, -0.15) is 5.10 Å². The quantitative estimate of drug-likeness (QED) is 0.383. The summed E-state index contributed by atoms with van der Waals surface area (Å²) < 4.78 is 15.0. The number of carbonyl (C=O) groups is 1. The molecule has 0 atom stereocenters. The van der Waals surface area contributed by atoms with Crippen LogP contribution in [0.25, 0.3) is 5.82 Å². The Kier molecular flexibility index (Phi) is 6.65. The number of halogens is 2. The fourth-order valence-electron chi connectivity index (χ4n) is 3.33. The van der Waals surface area contributed by atoms with Crippen LogP contribution in [-0.4, -0.2) is 25.9 Å². The van der Waals surface area contributed by atoms with Gasteiger partial charge in [0.05, 0.1) is 10.7 Å². The van der Waals surface area contributed by atoms with E-state index in [1.807, 2.05) is 44.2 Å². The van der Waals surface area contributed by atoms with E-state index in [1.54, 1.807) is 22.9 Å². The van der Waals surface area contributed by atoms with Crippen LogP contribution >= 0.6 is 11.6 Å². The van der Waals surface area contributed by atoms with Crippen molar-refractivity contribution in [3.63, 3.8) is 0 Å². The molecule has 0 saturated heterocycles. The van der Waals surface area contributed by atoms with Crippen molar-refractivity contribution in [2.75, 3.05) is 10.6 Å². The molecule has 0 radical (unpaired) electrons. The Morgan fingerprint density at radius 3 is 2.39 bits per heavy atom. The molecule has 0 saturated carbocycles. The lowest BCUT2D eigenvalue weighted by Crippen LogP contribution is -2.12. The minimum Gasteiger partial charge on any atom is -0.339 e. The van der Waals surface area contributed by atoms with E-state index in [0.717, 1.165) is 22.6 Å². The molecule has 2 heterocycles. The third-order valence-corrected chi connectivity index (χ3v) is 5.23. The third-order valence-electron chi connectivity index (χ3n) is 4.94. The largest absolute Gasteiger partial charge is 0.339 e. The lowest BCUT2D eigenvalue weighted by molar-refractivity contribution is -0.116. The highest BCUT2D eigenvalue weighted by Gasteiger charge is 2.08. The molecule has 4 aromatic rings. The molecule has 7 nitrogen and oxygen atoms in total. The molecule has 2 aromatic carbocycles.